The summed E-state index contributed by atoms with van der Waals surface area (Å²) in [5.74, 6) is 0.605. The van der Waals surface area contributed by atoms with E-state index in [1.165, 1.54) is 0 Å². The molecule has 0 amide bonds. The Morgan fingerprint density at radius 1 is 0.852 bits per heavy atom. The molecule has 4 nitrogen and oxygen atoms in total. The van der Waals surface area contributed by atoms with Crippen LogP contribution in [0, 0.1) is 6.92 Å². The van der Waals surface area contributed by atoms with E-state index in [2.05, 4.69) is 0 Å². The average molecular weight is 382 g/mol. The first-order valence-corrected chi connectivity index (χ1v) is 10.1. The molecular weight excluding hydrogens is 360 g/mol. The van der Waals surface area contributed by atoms with Crippen LogP contribution in [-0.2, 0) is 20.9 Å². The highest BCUT2D eigenvalue weighted by Crippen LogP contribution is 2.30. The Bertz CT molecular complexity index is 980. The summed E-state index contributed by atoms with van der Waals surface area (Å²) in [5, 5.41) is 0. The largest absolute Gasteiger partial charge is 0.489 e. The number of aryl methyl sites for hydroxylation is 1. The molecule has 0 bridgehead atoms. The Morgan fingerprint density at radius 3 is 2.19 bits per heavy atom. The standard InChI is InChI=1S/C22H22O4S/c1-17-12-14-20(15-13-17)27(23,24)26-18(2)21-10-6-7-11-22(21)25-16-19-8-4-3-5-9-19/h3-15,18H,16H2,1-2H3. The van der Waals surface area contributed by atoms with E-state index in [0.29, 0.717) is 17.9 Å². The van der Waals surface area contributed by atoms with Crippen molar-refractivity contribution in [2.75, 3.05) is 0 Å². The molecule has 1 unspecified atom stereocenters. The average Bonchev–Trinajstić information content (AvgIpc) is 2.67. The molecule has 5 heteroatoms. The maximum Gasteiger partial charge on any atom is 0.297 e. The van der Waals surface area contributed by atoms with Crippen molar-refractivity contribution in [1.29, 1.82) is 0 Å². The summed E-state index contributed by atoms with van der Waals surface area (Å²) in [6.45, 7) is 4.01. The van der Waals surface area contributed by atoms with Crippen LogP contribution in [0.5, 0.6) is 5.75 Å². The lowest BCUT2D eigenvalue weighted by atomic mass is 10.1. The molecule has 0 N–H and O–H groups in total. The molecule has 1 atom stereocenters. The first kappa shape index (κ1) is 19.1. The van der Waals surface area contributed by atoms with Crippen LogP contribution in [0.25, 0.3) is 0 Å². The smallest absolute Gasteiger partial charge is 0.297 e. The van der Waals surface area contributed by atoms with Crippen LogP contribution in [0.1, 0.15) is 29.7 Å². The predicted molar refractivity (Wildman–Crippen MR) is 105 cm³/mol. The van der Waals surface area contributed by atoms with Gasteiger partial charge in [0, 0.05) is 5.56 Å². The highest BCUT2D eigenvalue weighted by molar-refractivity contribution is 7.86. The van der Waals surface area contributed by atoms with Gasteiger partial charge in [-0.2, -0.15) is 8.42 Å². The third-order valence-electron chi connectivity index (χ3n) is 4.17. The number of rotatable bonds is 7. The molecule has 0 saturated heterocycles. The summed E-state index contributed by atoms with van der Waals surface area (Å²) in [7, 11) is -3.86. The molecule has 0 aliphatic rings. The van der Waals surface area contributed by atoms with Crippen molar-refractivity contribution < 1.29 is 17.3 Å². The van der Waals surface area contributed by atoms with Crippen LogP contribution >= 0.6 is 0 Å². The minimum atomic E-state index is -3.86. The minimum Gasteiger partial charge on any atom is -0.489 e. The van der Waals surface area contributed by atoms with E-state index in [-0.39, 0.29) is 4.90 Å². The molecule has 3 aromatic rings. The molecular formula is C22H22O4S. The van der Waals surface area contributed by atoms with Crippen molar-refractivity contribution in [3.63, 3.8) is 0 Å². The Hall–Kier alpha value is -2.63. The van der Waals surface area contributed by atoms with Crippen LogP contribution < -0.4 is 4.74 Å². The Morgan fingerprint density at radius 2 is 1.48 bits per heavy atom. The van der Waals surface area contributed by atoms with Crippen LogP contribution in [0.4, 0.5) is 0 Å². The number of para-hydroxylation sites is 1. The quantitative estimate of drug-likeness (QED) is 0.537. The number of hydrogen-bond acceptors (Lipinski definition) is 4. The lowest BCUT2D eigenvalue weighted by Gasteiger charge is -2.17. The molecule has 0 fully saturated rings. The second-order valence-corrected chi connectivity index (χ2v) is 7.89. The lowest BCUT2D eigenvalue weighted by Crippen LogP contribution is -2.11. The lowest BCUT2D eigenvalue weighted by molar-refractivity contribution is 0.221. The van der Waals surface area contributed by atoms with E-state index < -0.39 is 16.2 Å². The van der Waals surface area contributed by atoms with E-state index >= 15 is 0 Å². The SMILES string of the molecule is Cc1ccc(S(=O)(=O)OC(C)c2ccccc2OCc2ccccc2)cc1. The molecule has 0 radical (unpaired) electrons. The molecule has 0 aliphatic heterocycles. The maximum absolute atomic E-state index is 12.6. The molecule has 0 aliphatic carbocycles. The summed E-state index contributed by atoms with van der Waals surface area (Å²) in [5.41, 5.74) is 2.71. The second-order valence-electron chi connectivity index (χ2n) is 6.32. The zero-order valence-electron chi connectivity index (χ0n) is 15.3. The highest BCUT2D eigenvalue weighted by atomic mass is 32.2. The minimum absolute atomic E-state index is 0.141. The van der Waals surface area contributed by atoms with Gasteiger partial charge < -0.3 is 4.74 Å². The van der Waals surface area contributed by atoms with E-state index in [4.69, 9.17) is 8.92 Å². The highest BCUT2D eigenvalue weighted by Gasteiger charge is 2.22. The fourth-order valence-corrected chi connectivity index (χ4v) is 3.75. The van der Waals surface area contributed by atoms with Gasteiger partial charge >= 0.3 is 0 Å². The van der Waals surface area contributed by atoms with Crippen LogP contribution in [0.2, 0.25) is 0 Å². The first-order valence-electron chi connectivity index (χ1n) is 8.71. The summed E-state index contributed by atoms with van der Waals surface area (Å²) >= 11 is 0. The van der Waals surface area contributed by atoms with Gasteiger partial charge in [-0.1, -0.05) is 66.2 Å². The van der Waals surface area contributed by atoms with Gasteiger partial charge in [0.25, 0.3) is 10.1 Å². The van der Waals surface area contributed by atoms with Gasteiger partial charge in [-0.05, 0) is 37.6 Å². The molecule has 0 spiro atoms. The second kappa shape index (κ2) is 8.37. The van der Waals surface area contributed by atoms with E-state index in [1.54, 1.807) is 31.2 Å². The topological polar surface area (TPSA) is 52.6 Å². The molecule has 3 aromatic carbocycles. The van der Waals surface area contributed by atoms with Crippen molar-refractivity contribution in [3.05, 3.63) is 95.6 Å². The monoisotopic (exact) mass is 382 g/mol. The van der Waals surface area contributed by atoms with Crippen LogP contribution in [0.15, 0.2) is 83.8 Å². The Balaban J connectivity index is 1.76. The molecule has 0 saturated carbocycles. The van der Waals surface area contributed by atoms with Crippen LogP contribution in [-0.4, -0.2) is 8.42 Å². The molecule has 0 heterocycles. The normalized spacial score (nSPS) is 12.5. The number of benzene rings is 3. The fraction of sp³-hybridized carbons (Fsp3) is 0.182. The van der Waals surface area contributed by atoms with Gasteiger partial charge in [-0.3, -0.25) is 4.18 Å². The zero-order valence-corrected chi connectivity index (χ0v) is 16.1. The van der Waals surface area contributed by atoms with E-state index in [1.807, 2.05) is 61.5 Å². The summed E-state index contributed by atoms with van der Waals surface area (Å²) in [6, 6.07) is 23.7. The Labute approximate surface area is 160 Å². The van der Waals surface area contributed by atoms with Crippen molar-refractivity contribution >= 4 is 10.1 Å². The van der Waals surface area contributed by atoms with Gasteiger partial charge in [0.05, 0.1) is 4.90 Å². The fourth-order valence-electron chi connectivity index (χ4n) is 2.69. The predicted octanol–water partition coefficient (Wildman–Crippen LogP) is 5.04. The van der Waals surface area contributed by atoms with E-state index in [0.717, 1.165) is 11.1 Å². The van der Waals surface area contributed by atoms with Crippen molar-refractivity contribution in [2.24, 2.45) is 0 Å². The molecule has 3 rings (SSSR count). The van der Waals surface area contributed by atoms with Gasteiger partial charge in [-0.25, -0.2) is 0 Å². The molecule has 0 aromatic heterocycles. The van der Waals surface area contributed by atoms with Crippen molar-refractivity contribution in [2.45, 2.75) is 31.5 Å². The third-order valence-corrected chi connectivity index (χ3v) is 5.57. The number of hydrogen-bond donors (Lipinski definition) is 0. The summed E-state index contributed by atoms with van der Waals surface area (Å²) in [6.07, 6.45) is -0.678. The van der Waals surface area contributed by atoms with Crippen LogP contribution in [0.3, 0.4) is 0 Å². The number of ether oxygens (including phenoxy) is 1. The van der Waals surface area contributed by atoms with Gasteiger partial charge in [0.2, 0.25) is 0 Å². The van der Waals surface area contributed by atoms with Gasteiger partial charge in [0.15, 0.2) is 0 Å². The van der Waals surface area contributed by atoms with Gasteiger partial charge in [0.1, 0.15) is 18.5 Å². The van der Waals surface area contributed by atoms with E-state index in [9.17, 15) is 8.42 Å². The Kier molecular flexibility index (Phi) is 5.94. The molecule has 140 valence electrons. The molecule has 27 heavy (non-hydrogen) atoms. The maximum atomic E-state index is 12.6. The van der Waals surface area contributed by atoms with Gasteiger partial charge in [-0.15, -0.1) is 0 Å². The third kappa shape index (κ3) is 4.96. The van der Waals surface area contributed by atoms with Crippen molar-refractivity contribution in [1.82, 2.24) is 0 Å². The summed E-state index contributed by atoms with van der Waals surface area (Å²) < 4.78 is 36.4. The first-order chi connectivity index (χ1) is 13.0. The summed E-state index contributed by atoms with van der Waals surface area (Å²) in [4.78, 5) is 0.141. The van der Waals surface area contributed by atoms with Crippen molar-refractivity contribution in [3.8, 4) is 5.75 Å². The zero-order chi connectivity index (χ0) is 19.3.